The van der Waals surface area contributed by atoms with Crippen LogP contribution in [-0.4, -0.2) is 22.1 Å². The molecule has 16 heavy (non-hydrogen) atoms. The predicted octanol–water partition coefficient (Wildman–Crippen LogP) is 1.30. The lowest BCUT2D eigenvalue weighted by Crippen LogP contribution is -2.12. The van der Waals surface area contributed by atoms with E-state index in [1.54, 1.807) is 4.68 Å². The largest absolute Gasteiger partial charge is 0.330 e. The number of rotatable bonds is 7. The number of Topliss-reactive ketones (excluding diaryl/α,β-unsaturated/α-hetero) is 1. The zero-order chi connectivity index (χ0) is 12.0. The van der Waals surface area contributed by atoms with Crippen LogP contribution in [0, 0.1) is 5.92 Å². The topological polar surface area (TPSA) is 60.9 Å². The normalized spacial score (nSPS) is 12.7. The fourth-order valence-electron chi connectivity index (χ4n) is 1.53. The van der Waals surface area contributed by atoms with Gasteiger partial charge in [-0.1, -0.05) is 6.92 Å². The number of carbonyl (C=O) groups is 1. The van der Waals surface area contributed by atoms with E-state index in [0.717, 1.165) is 18.4 Å². The summed E-state index contributed by atoms with van der Waals surface area (Å²) >= 11 is 0. The van der Waals surface area contributed by atoms with E-state index in [9.17, 15) is 4.79 Å². The van der Waals surface area contributed by atoms with Gasteiger partial charge in [0.1, 0.15) is 5.78 Å². The highest BCUT2D eigenvalue weighted by atomic mass is 16.1. The van der Waals surface area contributed by atoms with Crippen molar-refractivity contribution in [3.05, 3.63) is 18.0 Å². The molecule has 1 atom stereocenters. The van der Waals surface area contributed by atoms with E-state index >= 15 is 0 Å². The highest BCUT2D eigenvalue weighted by Gasteiger charge is 2.06. The first kappa shape index (κ1) is 12.9. The molecular formula is C12H21N3O. The summed E-state index contributed by atoms with van der Waals surface area (Å²) in [5.74, 6) is 0.770. The summed E-state index contributed by atoms with van der Waals surface area (Å²) < 4.78 is 1.76. The minimum atomic E-state index is 0.323. The minimum absolute atomic E-state index is 0.323. The summed E-state index contributed by atoms with van der Waals surface area (Å²) in [5, 5.41) is 4.07. The Morgan fingerprint density at radius 3 is 2.88 bits per heavy atom. The average Bonchev–Trinajstić information content (AvgIpc) is 2.69. The van der Waals surface area contributed by atoms with E-state index in [-0.39, 0.29) is 0 Å². The Kier molecular flexibility index (Phi) is 5.19. The fourth-order valence-corrected chi connectivity index (χ4v) is 1.53. The Balaban J connectivity index is 2.20. The molecule has 0 aliphatic rings. The molecule has 4 heteroatoms. The van der Waals surface area contributed by atoms with E-state index < -0.39 is 0 Å². The molecule has 0 spiro atoms. The maximum Gasteiger partial charge on any atom is 0.133 e. The molecule has 0 aliphatic heterocycles. The van der Waals surface area contributed by atoms with Crippen molar-refractivity contribution in [2.24, 2.45) is 18.7 Å². The number of aromatic nitrogens is 2. The van der Waals surface area contributed by atoms with Gasteiger partial charge in [-0.05, 0) is 30.9 Å². The van der Waals surface area contributed by atoms with Crippen molar-refractivity contribution in [3.63, 3.8) is 0 Å². The molecule has 1 aromatic heterocycles. The Morgan fingerprint density at radius 1 is 1.56 bits per heavy atom. The summed E-state index contributed by atoms with van der Waals surface area (Å²) in [5.41, 5.74) is 6.63. The van der Waals surface area contributed by atoms with E-state index in [0.29, 0.717) is 31.1 Å². The maximum atomic E-state index is 11.6. The lowest BCUT2D eigenvalue weighted by atomic mass is 10.0. The van der Waals surface area contributed by atoms with Gasteiger partial charge < -0.3 is 5.73 Å². The summed E-state index contributed by atoms with van der Waals surface area (Å²) in [6.45, 7) is 2.74. The van der Waals surface area contributed by atoms with Crippen LogP contribution in [0.1, 0.15) is 31.7 Å². The molecule has 0 amide bonds. The second-order valence-electron chi connectivity index (χ2n) is 4.44. The number of nitrogens with two attached hydrogens (primary N) is 1. The number of ketones is 1. The first-order valence-corrected chi connectivity index (χ1v) is 5.81. The van der Waals surface area contributed by atoms with Crippen molar-refractivity contribution in [3.8, 4) is 0 Å². The van der Waals surface area contributed by atoms with Crippen LogP contribution >= 0.6 is 0 Å². The molecule has 1 heterocycles. The van der Waals surface area contributed by atoms with Crippen LogP contribution in [-0.2, 0) is 18.3 Å². The quantitative estimate of drug-likeness (QED) is 0.758. The molecule has 0 radical (unpaired) electrons. The summed E-state index contributed by atoms with van der Waals surface area (Å²) in [6, 6.07) is 0. The zero-order valence-corrected chi connectivity index (χ0v) is 10.1. The molecule has 1 rings (SSSR count). The number of nitrogens with zero attached hydrogens (tertiary/aromatic N) is 2. The second kappa shape index (κ2) is 6.43. The van der Waals surface area contributed by atoms with Gasteiger partial charge in [0.25, 0.3) is 0 Å². The first-order valence-electron chi connectivity index (χ1n) is 5.81. The van der Waals surface area contributed by atoms with Crippen molar-refractivity contribution in [1.82, 2.24) is 9.78 Å². The summed E-state index contributed by atoms with van der Waals surface area (Å²) in [6.07, 6.45) is 6.74. The zero-order valence-electron chi connectivity index (χ0n) is 10.1. The van der Waals surface area contributed by atoms with Crippen LogP contribution in [0.4, 0.5) is 0 Å². The van der Waals surface area contributed by atoms with Crippen molar-refractivity contribution in [1.29, 1.82) is 0 Å². The van der Waals surface area contributed by atoms with Gasteiger partial charge in [-0.15, -0.1) is 0 Å². The molecule has 0 saturated carbocycles. The Labute approximate surface area is 96.8 Å². The standard InChI is InChI=1S/C12H21N3O/c1-10(7-13)3-5-12(16)6-4-11-8-14-15(2)9-11/h8-10H,3-7,13H2,1-2H3. The van der Waals surface area contributed by atoms with Crippen LogP contribution < -0.4 is 5.73 Å². The van der Waals surface area contributed by atoms with Gasteiger partial charge in [-0.3, -0.25) is 9.48 Å². The van der Waals surface area contributed by atoms with E-state index in [1.807, 2.05) is 19.4 Å². The molecule has 0 aromatic carbocycles. The van der Waals surface area contributed by atoms with Crippen molar-refractivity contribution >= 4 is 5.78 Å². The molecule has 0 bridgehead atoms. The van der Waals surface area contributed by atoms with Crippen molar-refractivity contribution in [2.45, 2.75) is 32.6 Å². The number of hydrogen-bond donors (Lipinski definition) is 1. The number of hydrogen-bond acceptors (Lipinski definition) is 3. The molecule has 1 aromatic rings. The third kappa shape index (κ3) is 4.57. The summed E-state index contributed by atoms with van der Waals surface area (Å²) in [7, 11) is 1.88. The maximum absolute atomic E-state index is 11.6. The number of carbonyl (C=O) groups excluding carboxylic acids is 1. The molecule has 0 saturated heterocycles. The van der Waals surface area contributed by atoms with Crippen LogP contribution in [0.2, 0.25) is 0 Å². The molecule has 0 aliphatic carbocycles. The molecule has 90 valence electrons. The average molecular weight is 223 g/mol. The van der Waals surface area contributed by atoms with Crippen LogP contribution in [0.5, 0.6) is 0 Å². The Bertz CT molecular complexity index is 333. The van der Waals surface area contributed by atoms with Gasteiger partial charge in [0.05, 0.1) is 6.20 Å². The van der Waals surface area contributed by atoms with Crippen LogP contribution in [0.3, 0.4) is 0 Å². The molecule has 0 fully saturated rings. The highest BCUT2D eigenvalue weighted by Crippen LogP contribution is 2.08. The lowest BCUT2D eigenvalue weighted by molar-refractivity contribution is -0.119. The fraction of sp³-hybridized carbons (Fsp3) is 0.667. The SMILES string of the molecule is CC(CN)CCC(=O)CCc1cnn(C)c1. The van der Waals surface area contributed by atoms with E-state index in [2.05, 4.69) is 12.0 Å². The predicted molar refractivity (Wildman–Crippen MR) is 64.0 cm³/mol. The molecular weight excluding hydrogens is 202 g/mol. The first-order chi connectivity index (χ1) is 7.61. The van der Waals surface area contributed by atoms with Gasteiger partial charge >= 0.3 is 0 Å². The molecule has 2 N–H and O–H groups in total. The number of aryl methyl sites for hydroxylation is 2. The third-order valence-corrected chi connectivity index (χ3v) is 2.77. The van der Waals surface area contributed by atoms with E-state index in [4.69, 9.17) is 5.73 Å². The van der Waals surface area contributed by atoms with Gasteiger partial charge in [-0.25, -0.2) is 0 Å². The van der Waals surface area contributed by atoms with Crippen LogP contribution in [0.25, 0.3) is 0 Å². The van der Waals surface area contributed by atoms with E-state index in [1.165, 1.54) is 0 Å². The minimum Gasteiger partial charge on any atom is -0.330 e. The van der Waals surface area contributed by atoms with Gasteiger partial charge in [0.15, 0.2) is 0 Å². The Hall–Kier alpha value is -1.16. The van der Waals surface area contributed by atoms with Crippen LogP contribution in [0.15, 0.2) is 12.4 Å². The third-order valence-electron chi connectivity index (χ3n) is 2.77. The van der Waals surface area contributed by atoms with Gasteiger partial charge in [-0.2, -0.15) is 5.10 Å². The lowest BCUT2D eigenvalue weighted by Gasteiger charge is -2.06. The smallest absolute Gasteiger partial charge is 0.133 e. The van der Waals surface area contributed by atoms with Gasteiger partial charge in [0.2, 0.25) is 0 Å². The summed E-state index contributed by atoms with van der Waals surface area (Å²) in [4.78, 5) is 11.6. The van der Waals surface area contributed by atoms with Crippen molar-refractivity contribution in [2.75, 3.05) is 6.54 Å². The van der Waals surface area contributed by atoms with Crippen molar-refractivity contribution < 1.29 is 4.79 Å². The monoisotopic (exact) mass is 223 g/mol. The second-order valence-corrected chi connectivity index (χ2v) is 4.44. The Morgan fingerprint density at radius 2 is 2.31 bits per heavy atom. The molecule has 4 nitrogen and oxygen atoms in total. The molecule has 1 unspecified atom stereocenters. The highest BCUT2D eigenvalue weighted by molar-refractivity contribution is 5.78. The van der Waals surface area contributed by atoms with Gasteiger partial charge in [0, 0.05) is 26.1 Å².